The lowest BCUT2D eigenvalue weighted by Crippen LogP contribution is -2.32. The van der Waals surface area contributed by atoms with E-state index in [1.807, 2.05) is 6.20 Å². The van der Waals surface area contributed by atoms with E-state index in [0.29, 0.717) is 11.6 Å². The minimum absolute atomic E-state index is 0.565. The Balaban J connectivity index is 2.54. The number of nitrogens with zero attached hydrogens (tertiary/aromatic N) is 2. The summed E-state index contributed by atoms with van der Waals surface area (Å²) in [5.41, 5.74) is 0.664. The first-order valence-corrected chi connectivity index (χ1v) is 4.53. The van der Waals surface area contributed by atoms with Gasteiger partial charge in [0.2, 0.25) is 0 Å². The highest BCUT2D eigenvalue weighted by Crippen LogP contribution is 2.29. The summed E-state index contributed by atoms with van der Waals surface area (Å²) < 4.78 is 2.10. The zero-order valence-corrected chi connectivity index (χ0v) is 7.58. The number of nitriles is 1. The lowest BCUT2D eigenvalue weighted by Gasteiger charge is -2.27. The standard InChI is InChI=1S/C11H12N2/c1-8-9(2)13(7-10(8)6-12)11-4-3-5-11/h7,11H,1-5H2. The molecule has 0 aromatic carbocycles. The maximum atomic E-state index is 8.80. The zero-order chi connectivity index (χ0) is 9.42. The van der Waals surface area contributed by atoms with Gasteiger partial charge in [0.1, 0.15) is 6.07 Å². The van der Waals surface area contributed by atoms with Gasteiger partial charge in [-0.15, -0.1) is 0 Å². The Morgan fingerprint density at radius 2 is 2.15 bits per heavy atom. The molecule has 0 unspecified atom stereocenters. The van der Waals surface area contributed by atoms with Crippen molar-refractivity contribution in [2.75, 3.05) is 0 Å². The molecule has 13 heavy (non-hydrogen) atoms. The number of hydrogen-bond donors (Lipinski definition) is 0. The Morgan fingerprint density at radius 1 is 1.46 bits per heavy atom. The second kappa shape index (κ2) is 2.77. The summed E-state index contributed by atoms with van der Waals surface area (Å²) >= 11 is 0. The van der Waals surface area contributed by atoms with E-state index in [9.17, 15) is 0 Å². The fourth-order valence-electron chi connectivity index (χ4n) is 1.69. The van der Waals surface area contributed by atoms with Gasteiger partial charge in [0.15, 0.2) is 0 Å². The molecule has 0 spiro atoms. The van der Waals surface area contributed by atoms with Gasteiger partial charge in [-0.2, -0.15) is 5.26 Å². The van der Waals surface area contributed by atoms with Gasteiger partial charge in [0.25, 0.3) is 0 Å². The maximum Gasteiger partial charge on any atom is 0.101 e. The molecule has 0 atom stereocenters. The quantitative estimate of drug-likeness (QED) is 0.619. The Bertz CT molecular complexity index is 458. The highest BCUT2D eigenvalue weighted by molar-refractivity contribution is 5.32. The molecule has 2 heteroatoms. The second-order valence-electron chi connectivity index (χ2n) is 3.57. The lowest BCUT2D eigenvalue weighted by molar-refractivity contribution is 0.309. The van der Waals surface area contributed by atoms with Crippen LogP contribution in [0.15, 0.2) is 6.20 Å². The first-order chi connectivity index (χ1) is 6.24. The van der Waals surface area contributed by atoms with E-state index in [1.54, 1.807) is 0 Å². The van der Waals surface area contributed by atoms with E-state index >= 15 is 0 Å². The molecule has 66 valence electrons. The van der Waals surface area contributed by atoms with Crippen molar-refractivity contribution in [3.05, 3.63) is 22.3 Å². The third-order valence-electron chi connectivity index (χ3n) is 2.84. The first-order valence-electron chi connectivity index (χ1n) is 4.53. The van der Waals surface area contributed by atoms with Crippen molar-refractivity contribution in [2.24, 2.45) is 0 Å². The number of rotatable bonds is 1. The second-order valence-corrected chi connectivity index (χ2v) is 3.57. The van der Waals surface area contributed by atoms with E-state index in [1.165, 1.54) is 19.3 Å². The molecule has 0 aliphatic heterocycles. The van der Waals surface area contributed by atoms with Crippen LogP contribution in [0.4, 0.5) is 0 Å². The maximum absolute atomic E-state index is 8.80. The van der Waals surface area contributed by atoms with Crippen molar-refractivity contribution in [3.8, 4) is 6.07 Å². The molecule has 1 aromatic rings. The van der Waals surface area contributed by atoms with Gasteiger partial charge >= 0.3 is 0 Å². The van der Waals surface area contributed by atoms with Gasteiger partial charge in [-0.3, -0.25) is 0 Å². The molecule has 2 nitrogen and oxygen atoms in total. The van der Waals surface area contributed by atoms with Crippen molar-refractivity contribution in [1.82, 2.24) is 4.57 Å². The molecule has 1 aliphatic carbocycles. The molecule has 2 rings (SSSR count). The van der Waals surface area contributed by atoms with Crippen molar-refractivity contribution >= 4 is 13.2 Å². The third kappa shape index (κ3) is 1.08. The van der Waals surface area contributed by atoms with Crippen molar-refractivity contribution in [1.29, 1.82) is 5.26 Å². The molecular weight excluding hydrogens is 160 g/mol. The summed E-state index contributed by atoms with van der Waals surface area (Å²) in [5, 5.41) is 10.5. The van der Waals surface area contributed by atoms with Crippen LogP contribution in [0.1, 0.15) is 30.9 Å². The largest absolute Gasteiger partial charge is 0.344 e. The predicted octanol–water partition coefficient (Wildman–Crippen LogP) is 0.905. The predicted molar refractivity (Wildman–Crippen MR) is 52.3 cm³/mol. The number of aromatic nitrogens is 1. The van der Waals surface area contributed by atoms with E-state index in [0.717, 1.165) is 10.6 Å². The summed E-state index contributed by atoms with van der Waals surface area (Å²) in [6, 6.07) is 2.70. The smallest absolute Gasteiger partial charge is 0.101 e. The van der Waals surface area contributed by atoms with Crippen LogP contribution in [0.2, 0.25) is 0 Å². The van der Waals surface area contributed by atoms with Crippen LogP contribution < -0.4 is 10.6 Å². The molecular formula is C11H12N2. The van der Waals surface area contributed by atoms with Crippen molar-refractivity contribution < 1.29 is 0 Å². The average Bonchev–Trinajstić information content (AvgIpc) is 2.30. The van der Waals surface area contributed by atoms with Gasteiger partial charge in [-0.25, -0.2) is 0 Å². The van der Waals surface area contributed by atoms with Gasteiger partial charge in [0, 0.05) is 22.8 Å². The molecule has 1 aromatic heterocycles. The zero-order valence-electron chi connectivity index (χ0n) is 7.58. The SMILES string of the molecule is C=c1c(C#N)cn(C2CCC2)c1=C. The van der Waals surface area contributed by atoms with Crippen LogP contribution in [0, 0.1) is 11.3 Å². The van der Waals surface area contributed by atoms with Crippen LogP contribution in [0.25, 0.3) is 13.2 Å². The molecule has 1 aliphatic rings. The van der Waals surface area contributed by atoms with Gasteiger partial charge < -0.3 is 4.57 Å². The Labute approximate surface area is 77.4 Å². The topological polar surface area (TPSA) is 28.7 Å². The molecule has 1 heterocycles. The fraction of sp³-hybridized carbons (Fsp3) is 0.364. The summed E-state index contributed by atoms with van der Waals surface area (Å²) in [6.07, 6.45) is 5.59. The fourth-order valence-corrected chi connectivity index (χ4v) is 1.69. The molecule has 1 saturated carbocycles. The highest BCUT2D eigenvalue weighted by atomic mass is 15.0. The van der Waals surface area contributed by atoms with Crippen LogP contribution in [-0.4, -0.2) is 4.57 Å². The Morgan fingerprint density at radius 3 is 2.54 bits per heavy atom. The van der Waals surface area contributed by atoms with E-state index in [4.69, 9.17) is 5.26 Å². The van der Waals surface area contributed by atoms with Crippen LogP contribution >= 0.6 is 0 Å². The summed E-state index contributed by atoms with van der Waals surface area (Å²) in [7, 11) is 0. The summed E-state index contributed by atoms with van der Waals surface area (Å²) in [4.78, 5) is 0. The third-order valence-corrected chi connectivity index (χ3v) is 2.84. The lowest BCUT2D eigenvalue weighted by atomic mass is 9.93. The monoisotopic (exact) mass is 172 g/mol. The average molecular weight is 172 g/mol. The normalized spacial score (nSPS) is 16.5. The molecule has 0 saturated heterocycles. The van der Waals surface area contributed by atoms with E-state index in [-0.39, 0.29) is 0 Å². The molecule has 0 amide bonds. The minimum Gasteiger partial charge on any atom is -0.344 e. The van der Waals surface area contributed by atoms with Gasteiger partial charge in [-0.05, 0) is 19.3 Å². The first kappa shape index (κ1) is 8.12. The molecule has 0 N–H and O–H groups in total. The number of hydrogen-bond acceptors (Lipinski definition) is 1. The van der Waals surface area contributed by atoms with Crippen LogP contribution in [0.3, 0.4) is 0 Å². The Kier molecular flexibility index (Phi) is 1.73. The van der Waals surface area contributed by atoms with E-state index in [2.05, 4.69) is 23.8 Å². The van der Waals surface area contributed by atoms with Crippen LogP contribution in [0.5, 0.6) is 0 Å². The van der Waals surface area contributed by atoms with Crippen LogP contribution in [-0.2, 0) is 0 Å². The van der Waals surface area contributed by atoms with Crippen molar-refractivity contribution in [2.45, 2.75) is 25.3 Å². The summed E-state index contributed by atoms with van der Waals surface area (Å²) in [6.45, 7) is 7.79. The summed E-state index contributed by atoms with van der Waals surface area (Å²) in [5.74, 6) is 0. The van der Waals surface area contributed by atoms with E-state index < -0.39 is 0 Å². The molecule has 0 bridgehead atoms. The van der Waals surface area contributed by atoms with Gasteiger partial charge in [0.05, 0.1) is 5.56 Å². The van der Waals surface area contributed by atoms with Crippen molar-refractivity contribution in [3.63, 3.8) is 0 Å². The Hall–Kier alpha value is -1.49. The molecule has 1 fully saturated rings. The highest BCUT2D eigenvalue weighted by Gasteiger charge is 2.20. The molecule has 0 radical (unpaired) electrons. The minimum atomic E-state index is 0.565. The van der Waals surface area contributed by atoms with Gasteiger partial charge in [-0.1, -0.05) is 13.2 Å².